The number of aryl methyl sites for hydroxylation is 1. The third-order valence-electron chi connectivity index (χ3n) is 3.85. The van der Waals surface area contributed by atoms with Crippen molar-refractivity contribution in [1.29, 1.82) is 5.26 Å². The molecule has 0 saturated carbocycles. The Morgan fingerprint density at radius 2 is 1.88 bits per heavy atom. The predicted molar refractivity (Wildman–Crippen MR) is 99.0 cm³/mol. The summed E-state index contributed by atoms with van der Waals surface area (Å²) in [5.74, 6) is -0.159. The normalized spacial score (nSPS) is 10.2. The monoisotopic (exact) mass is 344 g/mol. The molecule has 26 heavy (non-hydrogen) atoms. The first-order valence-corrected chi connectivity index (χ1v) is 7.97. The van der Waals surface area contributed by atoms with E-state index in [0.717, 1.165) is 5.56 Å². The fraction of sp³-hybridized carbons (Fsp3) is 0.100. The number of carbonyl (C=O) groups is 1. The van der Waals surface area contributed by atoms with Gasteiger partial charge in [-0.15, -0.1) is 0 Å². The van der Waals surface area contributed by atoms with Gasteiger partial charge in [0.15, 0.2) is 0 Å². The Morgan fingerprint density at radius 3 is 2.54 bits per heavy atom. The molecule has 3 aromatic rings. The zero-order valence-electron chi connectivity index (χ0n) is 14.4. The molecule has 6 nitrogen and oxygen atoms in total. The Hall–Kier alpha value is -3.72. The highest BCUT2D eigenvalue weighted by molar-refractivity contribution is 5.89. The van der Waals surface area contributed by atoms with E-state index in [1.807, 2.05) is 25.1 Å². The van der Waals surface area contributed by atoms with E-state index in [0.29, 0.717) is 28.2 Å². The van der Waals surface area contributed by atoms with Crippen molar-refractivity contribution < 1.29 is 4.79 Å². The first-order valence-electron chi connectivity index (χ1n) is 7.97. The predicted octanol–water partition coefficient (Wildman–Crippen LogP) is 3.04. The van der Waals surface area contributed by atoms with Gasteiger partial charge < -0.3 is 5.32 Å². The number of hydrogen-bond acceptors (Lipinski definition) is 4. The van der Waals surface area contributed by atoms with Crippen LogP contribution in [0.1, 0.15) is 18.2 Å². The third kappa shape index (κ3) is 3.52. The molecule has 0 aliphatic rings. The van der Waals surface area contributed by atoms with Crippen LogP contribution in [0.3, 0.4) is 0 Å². The van der Waals surface area contributed by atoms with Crippen LogP contribution in [0.15, 0.2) is 59.4 Å². The summed E-state index contributed by atoms with van der Waals surface area (Å²) in [4.78, 5) is 23.8. The molecule has 1 heterocycles. The molecule has 0 atom stereocenters. The molecular formula is C20H16N4O2. The molecule has 0 aliphatic heterocycles. The van der Waals surface area contributed by atoms with Crippen LogP contribution in [0.25, 0.3) is 16.8 Å². The van der Waals surface area contributed by atoms with Gasteiger partial charge in [-0.25, -0.2) is 0 Å². The minimum absolute atomic E-state index is 0.159. The Labute approximate surface area is 150 Å². The smallest absolute Gasteiger partial charge is 0.272 e. The number of aromatic nitrogens is 2. The molecule has 1 aromatic heterocycles. The van der Waals surface area contributed by atoms with Gasteiger partial charge >= 0.3 is 0 Å². The lowest BCUT2D eigenvalue weighted by Crippen LogP contribution is -2.21. The van der Waals surface area contributed by atoms with E-state index in [1.54, 1.807) is 36.4 Å². The van der Waals surface area contributed by atoms with Crippen LogP contribution < -0.4 is 10.9 Å². The van der Waals surface area contributed by atoms with Crippen LogP contribution >= 0.6 is 0 Å². The van der Waals surface area contributed by atoms with Crippen molar-refractivity contribution >= 4 is 11.6 Å². The molecule has 6 heteroatoms. The van der Waals surface area contributed by atoms with Crippen LogP contribution in [0, 0.1) is 18.3 Å². The lowest BCUT2D eigenvalue weighted by Gasteiger charge is -2.11. The number of nitriles is 1. The SMILES string of the molecule is CC(=O)Nc1cccc(-c2cc(=O)n(-c3ccc(C#N)cc3)nc2C)c1. The molecule has 2 aromatic carbocycles. The van der Waals surface area contributed by atoms with Crippen molar-refractivity contribution in [2.45, 2.75) is 13.8 Å². The second-order valence-corrected chi connectivity index (χ2v) is 5.81. The molecule has 128 valence electrons. The zero-order chi connectivity index (χ0) is 18.7. The summed E-state index contributed by atoms with van der Waals surface area (Å²) in [6.45, 7) is 3.26. The molecule has 0 bridgehead atoms. The van der Waals surface area contributed by atoms with Crippen molar-refractivity contribution in [2.75, 3.05) is 5.32 Å². The molecule has 0 saturated heterocycles. The fourth-order valence-corrected chi connectivity index (χ4v) is 2.66. The van der Waals surface area contributed by atoms with Gasteiger partial charge in [-0.05, 0) is 48.9 Å². The number of hydrogen-bond donors (Lipinski definition) is 1. The van der Waals surface area contributed by atoms with Gasteiger partial charge in [0.1, 0.15) is 0 Å². The van der Waals surface area contributed by atoms with Gasteiger partial charge in [0.2, 0.25) is 5.91 Å². The number of nitrogens with one attached hydrogen (secondary N) is 1. The number of amides is 1. The molecule has 0 radical (unpaired) electrons. The average Bonchev–Trinajstić information content (AvgIpc) is 2.63. The van der Waals surface area contributed by atoms with Crippen LogP contribution in [0.5, 0.6) is 0 Å². The van der Waals surface area contributed by atoms with Crippen LogP contribution in [0.2, 0.25) is 0 Å². The van der Waals surface area contributed by atoms with E-state index in [4.69, 9.17) is 5.26 Å². The Bertz CT molecular complexity index is 1080. The summed E-state index contributed by atoms with van der Waals surface area (Å²) >= 11 is 0. The Balaban J connectivity index is 2.03. The highest BCUT2D eigenvalue weighted by Crippen LogP contribution is 2.24. The van der Waals surface area contributed by atoms with Gasteiger partial charge in [0.05, 0.1) is 23.0 Å². The van der Waals surface area contributed by atoms with Crippen LogP contribution in [-0.2, 0) is 4.79 Å². The maximum atomic E-state index is 12.5. The maximum absolute atomic E-state index is 12.5. The van der Waals surface area contributed by atoms with Gasteiger partial charge in [-0.1, -0.05) is 12.1 Å². The Kier molecular flexibility index (Phi) is 4.63. The topological polar surface area (TPSA) is 87.8 Å². The van der Waals surface area contributed by atoms with Gasteiger partial charge in [-0.2, -0.15) is 15.0 Å². The molecule has 1 amide bonds. The maximum Gasteiger partial charge on any atom is 0.272 e. The second-order valence-electron chi connectivity index (χ2n) is 5.81. The Morgan fingerprint density at radius 1 is 1.15 bits per heavy atom. The highest BCUT2D eigenvalue weighted by Gasteiger charge is 2.10. The summed E-state index contributed by atoms with van der Waals surface area (Å²) in [6.07, 6.45) is 0. The summed E-state index contributed by atoms with van der Waals surface area (Å²) in [5, 5.41) is 16.0. The van der Waals surface area contributed by atoms with Crippen molar-refractivity contribution in [3.05, 3.63) is 76.2 Å². The number of benzene rings is 2. The van der Waals surface area contributed by atoms with Crippen LogP contribution in [0.4, 0.5) is 5.69 Å². The standard InChI is InChI=1S/C20H16N4O2/c1-13-19(16-4-3-5-17(10-16)22-14(2)25)11-20(26)24(23-13)18-8-6-15(12-21)7-9-18/h3-11H,1-2H3,(H,22,25). The van der Waals surface area contributed by atoms with E-state index in [-0.39, 0.29) is 11.5 Å². The summed E-state index contributed by atoms with van der Waals surface area (Å²) in [7, 11) is 0. The second kappa shape index (κ2) is 7.03. The van der Waals surface area contributed by atoms with Crippen molar-refractivity contribution in [2.24, 2.45) is 0 Å². The highest BCUT2D eigenvalue weighted by atomic mass is 16.1. The first kappa shape index (κ1) is 17.1. The lowest BCUT2D eigenvalue weighted by atomic mass is 10.0. The largest absolute Gasteiger partial charge is 0.326 e. The summed E-state index contributed by atoms with van der Waals surface area (Å²) in [6, 6.07) is 17.5. The van der Waals surface area contributed by atoms with Crippen molar-refractivity contribution in [3.8, 4) is 22.9 Å². The van der Waals surface area contributed by atoms with Crippen LogP contribution in [-0.4, -0.2) is 15.7 Å². The lowest BCUT2D eigenvalue weighted by molar-refractivity contribution is -0.114. The fourth-order valence-electron chi connectivity index (χ4n) is 2.66. The molecule has 0 spiro atoms. The van der Waals surface area contributed by atoms with E-state index < -0.39 is 0 Å². The minimum Gasteiger partial charge on any atom is -0.326 e. The molecular weight excluding hydrogens is 328 g/mol. The van der Waals surface area contributed by atoms with E-state index >= 15 is 0 Å². The minimum atomic E-state index is -0.278. The van der Waals surface area contributed by atoms with E-state index in [2.05, 4.69) is 10.4 Å². The molecule has 0 fully saturated rings. The number of anilines is 1. The zero-order valence-corrected chi connectivity index (χ0v) is 14.4. The van der Waals surface area contributed by atoms with E-state index in [9.17, 15) is 9.59 Å². The molecule has 0 aliphatic carbocycles. The van der Waals surface area contributed by atoms with E-state index in [1.165, 1.54) is 17.7 Å². The first-order chi connectivity index (χ1) is 12.5. The number of rotatable bonds is 3. The number of nitrogens with zero attached hydrogens (tertiary/aromatic N) is 3. The van der Waals surface area contributed by atoms with Gasteiger partial charge in [0.25, 0.3) is 5.56 Å². The molecule has 1 N–H and O–H groups in total. The number of carbonyl (C=O) groups excluding carboxylic acids is 1. The third-order valence-corrected chi connectivity index (χ3v) is 3.85. The van der Waals surface area contributed by atoms with Gasteiger partial charge in [-0.3, -0.25) is 9.59 Å². The van der Waals surface area contributed by atoms with Gasteiger partial charge in [0, 0.05) is 24.2 Å². The molecule has 3 rings (SSSR count). The van der Waals surface area contributed by atoms with Crippen molar-refractivity contribution in [1.82, 2.24) is 9.78 Å². The molecule has 0 unspecified atom stereocenters. The average molecular weight is 344 g/mol. The summed E-state index contributed by atoms with van der Waals surface area (Å²) in [5.41, 5.74) is 3.66. The summed E-state index contributed by atoms with van der Waals surface area (Å²) < 4.78 is 1.30. The quantitative estimate of drug-likeness (QED) is 0.791. The van der Waals surface area contributed by atoms with Crippen molar-refractivity contribution in [3.63, 3.8) is 0 Å².